The molecule has 172 valence electrons. The molecule has 2 aliphatic heterocycles. The molecule has 7 nitrogen and oxygen atoms in total. The molecule has 2 heterocycles. The predicted molar refractivity (Wildman–Crippen MR) is 132 cm³/mol. The van der Waals surface area contributed by atoms with E-state index < -0.39 is 33.6 Å². The van der Waals surface area contributed by atoms with Gasteiger partial charge < -0.3 is 10.0 Å². The number of fused-ring (bicyclic) bond motifs is 1. The molecule has 3 N–H and O–H groups in total. The summed E-state index contributed by atoms with van der Waals surface area (Å²) in [6.07, 6.45) is 6.36. The van der Waals surface area contributed by atoms with Gasteiger partial charge in [0.15, 0.2) is 0 Å². The van der Waals surface area contributed by atoms with Crippen molar-refractivity contribution in [1.29, 1.82) is 0 Å². The van der Waals surface area contributed by atoms with Crippen LogP contribution < -0.4 is 14.8 Å². The number of anilines is 1. The minimum atomic E-state index is -4.04. The van der Waals surface area contributed by atoms with Gasteiger partial charge in [0.2, 0.25) is 0 Å². The Labute approximate surface area is 207 Å². The molecule has 4 rings (SSSR count). The molecule has 0 spiro atoms. The summed E-state index contributed by atoms with van der Waals surface area (Å²) in [7, 11) is -4.04. The number of rotatable bonds is 6. The lowest BCUT2D eigenvalue weighted by atomic mass is 10.1. The van der Waals surface area contributed by atoms with Crippen LogP contribution in [0.2, 0.25) is 0 Å². The van der Waals surface area contributed by atoms with Gasteiger partial charge in [0, 0.05) is 27.6 Å². The predicted octanol–water partition coefficient (Wildman–Crippen LogP) is 4.52. The van der Waals surface area contributed by atoms with Gasteiger partial charge in [-0.3, -0.25) is 13.8 Å². The van der Waals surface area contributed by atoms with Crippen LogP contribution in [0.3, 0.4) is 0 Å². The fourth-order valence-corrected chi connectivity index (χ4v) is 5.73. The summed E-state index contributed by atoms with van der Waals surface area (Å²) in [4.78, 5) is 13.0. The van der Waals surface area contributed by atoms with Crippen LogP contribution in [0.1, 0.15) is 28.9 Å². The number of nitrogens with zero attached hydrogens (tertiary/aromatic N) is 1. The van der Waals surface area contributed by atoms with Gasteiger partial charge >= 0.3 is 0 Å². The van der Waals surface area contributed by atoms with Gasteiger partial charge in [-0.15, -0.1) is 0 Å². The zero-order valence-corrected chi connectivity index (χ0v) is 20.8. The van der Waals surface area contributed by atoms with Crippen molar-refractivity contribution in [3.63, 3.8) is 0 Å². The van der Waals surface area contributed by atoms with E-state index in [4.69, 9.17) is 0 Å². The van der Waals surface area contributed by atoms with Crippen LogP contribution in [-0.2, 0) is 10.0 Å². The van der Waals surface area contributed by atoms with Crippen LogP contribution in [0.5, 0.6) is 0 Å². The van der Waals surface area contributed by atoms with Crippen molar-refractivity contribution in [3.8, 4) is 0 Å². The number of halogens is 3. The van der Waals surface area contributed by atoms with E-state index in [1.807, 2.05) is 22.6 Å². The average Bonchev–Trinajstić information content (AvgIpc) is 3.22. The minimum Gasteiger partial charge on any atom is -0.345 e. The maximum Gasteiger partial charge on any atom is 0.264 e. The lowest BCUT2D eigenvalue weighted by molar-refractivity contribution is 0.0940. The summed E-state index contributed by atoms with van der Waals surface area (Å²) in [5.41, 5.74) is 0.694. The number of hydrogen-bond acceptors (Lipinski definition) is 6. The zero-order chi connectivity index (χ0) is 23.8. The van der Waals surface area contributed by atoms with E-state index in [2.05, 4.69) is 14.8 Å². The van der Waals surface area contributed by atoms with Crippen molar-refractivity contribution in [2.24, 2.45) is 0 Å². The third kappa shape index (κ3) is 5.01. The second-order valence-electron chi connectivity index (χ2n) is 7.09. The first-order chi connectivity index (χ1) is 15.7. The van der Waals surface area contributed by atoms with Crippen molar-refractivity contribution in [2.45, 2.75) is 13.0 Å². The van der Waals surface area contributed by atoms with Crippen LogP contribution in [0, 0.1) is 15.2 Å². The van der Waals surface area contributed by atoms with E-state index in [-0.39, 0.29) is 21.7 Å². The first-order valence-corrected chi connectivity index (χ1v) is 12.9. The number of amides is 1. The van der Waals surface area contributed by atoms with Crippen LogP contribution in [0.4, 0.5) is 14.5 Å². The van der Waals surface area contributed by atoms with Crippen LogP contribution in [0.15, 0.2) is 71.6 Å². The lowest BCUT2D eigenvalue weighted by Crippen LogP contribution is -2.29. The number of nitrogens with one attached hydrogen (secondary N) is 3. The summed E-state index contributed by atoms with van der Waals surface area (Å²) in [6, 6.07) is 6.98. The highest BCUT2D eigenvalue weighted by Crippen LogP contribution is 2.34. The van der Waals surface area contributed by atoms with Crippen LogP contribution in [0.25, 0.3) is 0 Å². The first-order valence-electron chi connectivity index (χ1n) is 9.54. The fourth-order valence-electron chi connectivity index (χ4n) is 3.27. The first kappa shape index (κ1) is 23.6. The molecule has 2 aromatic rings. The van der Waals surface area contributed by atoms with Crippen LogP contribution >= 0.6 is 34.7 Å². The smallest absolute Gasteiger partial charge is 0.264 e. The second kappa shape index (κ2) is 9.35. The Balaban J connectivity index is 1.60. The van der Waals surface area contributed by atoms with E-state index in [0.717, 1.165) is 12.1 Å². The summed E-state index contributed by atoms with van der Waals surface area (Å²) in [5, 5.41) is 2.64. The second-order valence-corrected chi connectivity index (χ2v) is 10.8. The Morgan fingerprint density at radius 1 is 1.21 bits per heavy atom. The minimum absolute atomic E-state index is 0.0365. The number of carbonyl (C=O) groups is 1. The van der Waals surface area contributed by atoms with Gasteiger partial charge in [0.25, 0.3) is 15.9 Å². The number of benzene rings is 2. The molecule has 1 atom stereocenters. The zero-order valence-electron chi connectivity index (χ0n) is 17.0. The molecule has 2 aliphatic rings. The van der Waals surface area contributed by atoms with E-state index in [0.29, 0.717) is 9.27 Å². The molecule has 0 bridgehead atoms. The van der Waals surface area contributed by atoms with Gasteiger partial charge in [-0.1, -0.05) is 6.07 Å². The third-order valence-corrected chi connectivity index (χ3v) is 7.66. The molecule has 33 heavy (non-hydrogen) atoms. The molecule has 1 amide bonds. The highest BCUT2D eigenvalue weighted by Gasteiger charge is 2.30. The third-order valence-electron chi connectivity index (χ3n) is 4.84. The van der Waals surface area contributed by atoms with E-state index >= 15 is 0 Å². The molecule has 2 aromatic carbocycles. The average molecular weight is 602 g/mol. The maximum atomic E-state index is 14.1. The molecular formula is C21H17F2IN4O3S2. The summed E-state index contributed by atoms with van der Waals surface area (Å²) in [5.74, 6) is -2.12. The molecule has 0 unspecified atom stereocenters. The van der Waals surface area contributed by atoms with Crippen molar-refractivity contribution in [2.75, 3.05) is 4.72 Å². The topological polar surface area (TPSA) is 90.5 Å². The van der Waals surface area contributed by atoms with Gasteiger partial charge in [0.05, 0.1) is 35.1 Å². The standard InChI is InChI=1S/C21H17F2IN4O3S2/c1-12(15-6-4-13(22)9-17(15)23)26-21(29)16-7-5-14(24)10-18(16)27-33(30,31)20-3-2-8-28-19(20)11-25-32-28/h2-12,25,27H,1H3,(H,26,29)/t12-/m1/s1. The van der Waals surface area contributed by atoms with E-state index in [1.54, 1.807) is 35.8 Å². The number of carbonyl (C=O) groups excluding carboxylic acids is 1. The highest BCUT2D eigenvalue weighted by molar-refractivity contribution is 14.1. The van der Waals surface area contributed by atoms with Crippen LogP contribution in [-0.4, -0.2) is 18.6 Å². The Morgan fingerprint density at radius 2 is 2.00 bits per heavy atom. The quantitative estimate of drug-likeness (QED) is 0.333. The lowest BCUT2D eigenvalue weighted by Gasteiger charge is -2.21. The Morgan fingerprint density at radius 3 is 2.76 bits per heavy atom. The van der Waals surface area contributed by atoms with Gasteiger partial charge in [-0.2, -0.15) is 0 Å². The molecule has 0 radical (unpaired) electrons. The molecular weight excluding hydrogens is 585 g/mol. The Hall–Kier alpha value is -2.58. The number of sulfonamides is 1. The molecule has 12 heteroatoms. The maximum absolute atomic E-state index is 14.1. The van der Waals surface area contributed by atoms with E-state index in [9.17, 15) is 22.0 Å². The largest absolute Gasteiger partial charge is 0.345 e. The summed E-state index contributed by atoms with van der Waals surface area (Å²) >= 11 is 3.23. The molecule has 0 saturated heterocycles. The monoisotopic (exact) mass is 602 g/mol. The Kier molecular flexibility index (Phi) is 6.68. The van der Waals surface area contributed by atoms with Crippen molar-refractivity contribution in [3.05, 3.63) is 97.9 Å². The molecule has 0 aliphatic carbocycles. The fraction of sp³-hybridized carbons (Fsp3) is 0.0952. The summed E-state index contributed by atoms with van der Waals surface area (Å²) in [6.45, 7) is 1.55. The molecule has 0 saturated carbocycles. The normalized spacial score (nSPS) is 15.8. The van der Waals surface area contributed by atoms with Crippen molar-refractivity contribution in [1.82, 2.24) is 14.3 Å². The highest BCUT2D eigenvalue weighted by atomic mass is 127. The number of hydrogen-bond donors (Lipinski definition) is 3. The van der Waals surface area contributed by atoms with Gasteiger partial charge in [-0.25, -0.2) is 17.2 Å². The molecule has 0 aromatic heterocycles. The van der Waals surface area contributed by atoms with Gasteiger partial charge in [0.1, 0.15) is 16.5 Å². The molecule has 0 fully saturated rings. The SMILES string of the molecule is C[C@@H](NC(=O)c1ccc(I)cc1NS(=O)(=O)C1=CC=CN2SNC=C12)c1ccc(F)cc1F. The summed E-state index contributed by atoms with van der Waals surface area (Å²) < 4.78 is 61.4. The number of allylic oxidation sites excluding steroid dienone is 2. The van der Waals surface area contributed by atoms with Crippen molar-refractivity contribution >= 4 is 56.3 Å². The van der Waals surface area contributed by atoms with E-state index in [1.165, 1.54) is 36.4 Å². The van der Waals surface area contributed by atoms with Gasteiger partial charge in [-0.05, 0) is 65.9 Å². The Bertz CT molecular complexity index is 1330. The van der Waals surface area contributed by atoms with Crippen molar-refractivity contribution < 1.29 is 22.0 Å².